The summed E-state index contributed by atoms with van der Waals surface area (Å²) in [5.74, 6) is 0.527. The van der Waals surface area contributed by atoms with E-state index in [9.17, 15) is 4.79 Å². The van der Waals surface area contributed by atoms with Gasteiger partial charge in [0.25, 0.3) is 5.91 Å². The number of nitrogens with zero attached hydrogens (tertiary/aromatic N) is 6. The largest absolute Gasteiger partial charge is 0.332 e. The minimum absolute atomic E-state index is 0.0236. The van der Waals surface area contributed by atoms with E-state index in [2.05, 4.69) is 28.1 Å². The fourth-order valence-corrected chi connectivity index (χ4v) is 3.43. The first kappa shape index (κ1) is 14.9. The third-order valence-corrected chi connectivity index (χ3v) is 4.58. The van der Waals surface area contributed by atoms with Crippen LogP contribution in [-0.2, 0) is 6.54 Å². The number of hydrogen-bond acceptors (Lipinski definition) is 4. The van der Waals surface area contributed by atoms with Crippen molar-refractivity contribution in [2.24, 2.45) is 0 Å². The van der Waals surface area contributed by atoms with E-state index in [4.69, 9.17) is 0 Å². The normalized spacial score (nSPS) is 17.8. The van der Waals surface area contributed by atoms with Gasteiger partial charge < -0.3 is 4.90 Å². The Kier molecular flexibility index (Phi) is 3.55. The van der Waals surface area contributed by atoms with Crippen molar-refractivity contribution in [3.63, 3.8) is 0 Å². The molecule has 0 bridgehead atoms. The summed E-state index contributed by atoms with van der Waals surface area (Å²) in [4.78, 5) is 23.4. The number of aryl methyl sites for hydroxylation is 2. The molecule has 3 aromatic rings. The van der Waals surface area contributed by atoms with Gasteiger partial charge >= 0.3 is 0 Å². The molecule has 4 rings (SSSR count). The summed E-state index contributed by atoms with van der Waals surface area (Å²) >= 11 is 0. The van der Waals surface area contributed by atoms with Gasteiger partial charge in [-0.25, -0.2) is 9.97 Å². The summed E-state index contributed by atoms with van der Waals surface area (Å²) in [6, 6.07) is 4.05. The van der Waals surface area contributed by atoms with Gasteiger partial charge in [-0.2, -0.15) is 5.10 Å². The fourth-order valence-electron chi connectivity index (χ4n) is 3.43. The Morgan fingerprint density at radius 3 is 3.00 bits per heavy atom. The predicted molar refractivity (Wildman–Crippen MR) is 88.7 cm³/mol. The number of rotatable bonds is 3. The summed E-state index contributed by atoms with van der Waals surface area (Å²) < 4.78 is 3.77. The maximum atomic E-state index is 12.9. The first-order chi connectivity index (χ1) is 11.6. The van der Waals surface area contributed by atoms with Crippen molar-refractivity contribution in [1.29, 1.82) is 0 Å². The molecular weight excluding hydrogens is 304 g/mol. The van der Waals surface area contributed by atoms with E-state index in [1.807, 2.05) is 28.8 Å². The lowest BCUT2D eigenvalue weighted by Crippen LogP contribution is -2.38. The second kappa shape index (κ2) is 5.74. The quantitative estimate of drug-likeness (QED) is 0.737. The Morgan fingerprint density at radius 1 is 1.38 bits per heavy atom. The molecular formula is C17H20N6O. The molecule has 1 saturated heterocycles. The van der Waals surface area contributed by atoms with Crippen molar-refractivity contribution in [3.8, 4) is 0 Å². The molecule has 3 aromatic heterocycles. The topological polar surface area (TPSA) is 68.3 Å². The number of hydrogen-bond donors (Lipinski definition) is 0. The van der Waals surface area contributed by atoms with Crippen molar-refractivity contribution < 1.29 is 4.79 Å². The van der Waals surface area contributed by atoms with Gasteiger partial charge in [-0.15, -0.1) is 0 Å². The monoisotopic (exact) mass is 324 g/mol. The van der Waals surface area contributed by atoms with Crippen LogP contribution < -0.4 is 0 Å². The summed E-state index contributed by atoms with van der Waals surface area (Å²) in [7, 11) is 0. The molecule has 124 valence electrons. The average molecular weight is 324 g/mol. The molecule has 0 radical (unpaired) electrons. The molecule has 0 spiro atoms. The number of imidazole rings is 1. The third-order valence-electron chi connectivity index (χ3n) is 4.58. The SMILES string of the molecule is Cc1cc(C)n(C[C@@H]2CCCN2C(=O)c2cn3cccnc3n2)n1. The molecule has 0 saturated carbocycles. The van der Waals surface area contributed by atoms with E-state index in [1.165, 1.54) is 0 Å². The van der Waals surface area contributed by atoms with E-state index in [0.717, 1.165) is 37.3 Å². The molecule has 4 heterocycles. The molecule has 0 N–H and O–H groups in total. The zero-order valence-electron chi connectivity index (χ0n) is 13.9. The van der Waals surface area contributed by atoms with Gasteiger partial charge in [-0.3, -0.25) is 13.9 Å². The molecule has 1 amide bonds. The van der Waals surface area contributed by atoms with Crippen LogP contribution in [0.3, 0.4) is 0 Å². The Labute approximate surface area is 139 Å². The number of aromatic nitrogens is 5. The van der Waals surface area contributed by atoms with Crippen LogP contribution in [0.5, 0.6) is 0 Å². The lowest BCUT2D eigenvalue weighted by molar-refractivity contribution is 0.0715. The fraction of sp³-hybridized carbons (Fsp3) is 0.412. The maximum Gasteiger partial charge on any atom is 0.274 e. The van der Waals surface area contributed by atoms with Crippen LogP contribution in [0.4, 0.5) is 0 Å². The zero-order chi connectivity index (χ0) is 16.7. The number of likely N-dealkylation sites (tertiary alicyclic amines) is 1. The number of amides is 1. The Morgan fingerprint density at radius 2 is 2.25 bits per heavy atom. The van der Waals surface area contributed by atoms with Gasteiger partial charge in [0.15, 0.2) is 0 Å². The van der Waals surface area contributed by atoms with E-state index in [0.29, 0.717) is 11.5 Å². The highest BCUT2D eigenvalue weighted by molar-refractivity contribution is 5.93. The van der Waals surface area contributed by atoms with Crippen molar-refractivity contribution >= 4 is 11.7 Å². The van der Waals surface area contributed by atoms with E-state index in [1.54, 1.807) is 16.8 Å². The number of carbonyl (C=O) groups excluding carboxylic acids is 1. The molecule has 1 fully saturated rings. The molecule has 0 unspecified atom stereocenters. The van der Waals surface area contributed by atoms with Gasteiger partial charge in [-0.1, -0.05) is 0 Å². The van der Waals surface area contributed by atoms with Crippen LogP contribution in [-0.4, -0.2) is 47.5 Å². The zero-order valence-corrected chi connectivity index (χ0v) is 13.9. The summed E-state index contributed by atoms with van der Waals surface area (Å²) in [6.07, 6.45) is 7.29. The summed E-state index contributed by atoms with van der Waals surface area (Å²) in [6.45, 7) is 5.54. The van der Waals surface area contributed by atoms with Crippen LogP contribution in [0.2, 0.25) is 0 Å². The van der Waals surface area contributed by atoms with Gasteiger partial charge in [0.1, 0.15) is 5.69 Å². The predicted octanol–water partition coefficient (Wildman–Crippen LogP) is 1.85. The van der Waals surface area contributed by atoms with Gasteiger partial charge in [0, 0.05) is 30.8 Å². The Balaban J connectivity index is 1.57. The van der Waals surface area contributed by atoms with Crippen LogP contribution in [0, 0.1) is 13.8 Å². The van der Waals surface area contributed by atoms with Gasteiger partial charge in [-0.05, 0) is 38.8 Å². The molecule has 1 aliphatic heterocycles. The smallest absolute Gasteiger partial charge is 0.274 e. The van der Waals surface area contributed by atoms with Gasteiger partial charge in [0.2, 0.25) is 5.78 Å². The first-order valence-electron chi connectivity index (χ1n) is 8.23. The molecule has 0 aliphatic carbocycles. The molecule has 24 heavy (non-hydrogen) atoms. The summed E-state index contributed by atoms with van der Waals surface area (Å²) in [5.41, 5.74) is 2.59. The number of fused-ring (bicyclic) bond motifs is 1. The van der Waals surface area contributed by atoms with Crippen molar-refractivity contribution in [2.75, 3.05) is 6.54 Å². The minimum Gasteiger partial charge on any atom is -0.332 e. The molecule has 1 atom stereocenters. The minimum atomic E-state index is -0.0236. The lowest BCUT2D eigenvalue weighted by atomic mass is 10.2. The van der Waals surface area contributed by atoms with Crippen molar-refractivity contribution in [3.05, 3.63) is 47.8 Å². The third kappa shape index (κ3) is 2.55. The highest BCUT2D eigenvalue weighted by Gasteiger charge is 2.31. The molecule has 7 nitrogen and oxygen atoms in total. The first-order valence-corrected chi connectivity index (χ1v) is 8.23. The number of carbonyl (C=O) groups is 1. The van der Waals surface area contributed by atoms with Gasteiger partial charge in [0.05, 0.1) is 18.3 Å². The van der Waals surface area contributed by atoms with Crippen LogP contribution in [0.15, 0.2) is 30.7 Å². The van der Waals surface area contributed by atoms with Crippen LogP contribution in [0.1, 0.15) is 34.7 Å². The second-order valence-corrected chi connectivity index (χ2v) is 6.36. The lowest BCUT2D eigenvalue weighted by Gasteiger charge is -2.24. The highest BCUT2D eigenvalue weighted by atomic mass is 16.2. The van der Waals surface area contributed by atoms with E-state index >= 15 is 0 Å². The highest BCUT2D eigenvalue weighted by Crippen LogP contribution is 2.22. The Hall–Kier alpha value is -2.70. The van der Waals surface area contributed by atoms with E-state index in [-0.39, 0.29) is 11.9 Å². The van der Waals surface area contributed by atoms with E-state index < -0.39 is 0 Å². The van der Waals surface area contributed by atoms with Crippen molar-refractivity contribution in [1.82, 2.24) is 29.0 Å². The molecule has 0 aromatic carbocycles. The summed E-state index contributed by atoms with van der Waals surface area (Å²) in [5, 5.41) is 4.52. The molecule has 1 aliphatic rings. The average Bonchev–Trinajstić information content (AvgIpc) is 3.26. The Bertz CT molecular complexity index is 863. The molecule has 7 heteroatoms. The maximum absolute atomic E-state index is 12.9. The van der Waals surface area contributed by atoms with Crippen LogP contribution in [0.25, 0.3) is 5.78 Å². The standard InChI is InChI=1S/C17H20N6O/c1-12-9-13(2)23(20-12)10-14-5-3-8-22(14)16(24)15-11-21-7-4-6-18-17(21)19-15/h4,6-7,9,11,14H,3,5,8,10H2,1-2H3/t14-/m0/s1. The van der Waals surface area contributed by atoms with Crippen LogP contribution >= 0.6 is 0 Å². The van der Waals surface area contributed by atoms with Crippen molar-refractivity contribution in [2.45, 2.75) is 39.3 Å². The second-order valence-electron chi connectivity index (χ2n) is 6.36.